The molecule has 0 saturated carbocycles. The molecular weight excluding hydrogens is 481 g/mol. The van der Waals surface area contributed by atoms with Gasteiger partial charge in [-0.25, -0.2) is 5.43 Å². The van der Waals surface area contributed by atoms with Gasteiger partial charge >= 0.3 is 0 Å². The molecule has 66 valence electrons. The molecule has 0 aromatic rings. The lowest BCUT2D eigenvalue weighted by Gasteiger charge is -2.28. The number of allylic oxidation sites excluding steroid dienone is 1. The SMILES string of the molecule is CC/C=C\N(NC)C(I)(I)I. The molecule has 1 N–H and O–H groups in total. The number of nitrogens with one attached hydrogen (secondary N) is 1. The Morgan fingerprint density at radius 3 is 2.27 bits per heavy atom. The number of halogens is 3. The standard InChI is InChI=1S/C6H11I3N2/c1-3-4-5-11(10-2)6(7,8)9/h4-5,10H,3H2,1-2H3/b5-4-. The summed E-state index contributed by atoms with van der Waals surface area (Å²) >= 11 is 7.09. The van der Waals surface area contributed by atoms with E-state index < -0.39 is 0 Å². The normalized spacial score (nSPS) is 12.5. The van der Waals surface area contributed by atoms with E-state index in [0.29, 0.717) is 0 Å². The lowest BCUT2D eigenvalue weighted by molar-refractivity contribution is 0.340. The van der Waals surface area contributed by atoms with Crippen molar-refractivity contribution in [3.63, 3.8) is 0 Å². The molecule has 0 rings (SSSR count). The molecule has 0 atom stereocenters. The average Bonchev–Trinajstić information content (AvgIpc) is 1.87. The Hall–Kier alpha value is 1.69. The molecule has 0 radical (unpaired) electrons. The van der Waals surface area contributed by atoms with Gasteiger partial charge in [0.05, 0.1) is 0 Å². The second kappa shape index (κ2) is 6.19. The number of hydrazine groups is 1. The van der Waals surface area contributed by atoms with Crippen LogP contribution in [0, 0.1) is 0 Å². The van der Waals surface area contributed by atoms with E-state index in [1.54, 1.807) is 0 Å². The van der Waals surface area contributed by atoms with Gasteiger partial charge in [-0.05, 0) is 74.2 Å². The fourth-order valence-corrected chi connectivity index (χ4v) is 1.70. The predicted molar refractivity (Wildman–Crippen MR) is 75.1 cm³/mol. The molecule has 0 amide bonds. The van der Waals surface area contributed by atoms with Crippen LogP contribution in [0.25, 0.3) is 0 Å². The van der Waals surface area contributed by atoms with Crippen molar-refractivity contribution in [1.29, 1.82) is 0 Å². The zero-order chi connectivity index (χ0) is 8.91. The van der Waals surface area contributed by atoms with E-state index in [0.717, 1.165) is 6.42 Å². The molecule has 2 nitrogen and oxygen atoms in total. The third kappa shape index (κ3) is 5.86. The van der Waals surface area contributed by atoms with Gasteiger partial charge in [0.2, 0.25) is -0.441 Å². The van der Waals surface area contributed by atoms with Crippen molar-refractivity contribution >= 4 is 67.8 Å². The van der Waals surface area contributed by atoms with Gasteiger partial charge in [0.1, 0.15) is 0 Å². The van der Waals surface area contributed by atoms with Crippen molar-refractivity contribution in [2.75, 3.05) is 7.05 Å². The molecular formula is C6H11I3N2. The minimum absolute atomic E-state index is 0.0632. The number of alkyl halides is 3. The summed E-state index contributed by atoms with van der Waals surface area (Å²) in [5.74, 6) is 0. The summed E-state index contributed by atoms with van der Waals surface area (Å²) < 4.78 is 0.0632. The van der Waals surface area contributed by atoms with Crippen LogP contribution in [0.5, 0.6) is 0 Å². The van der Waals surface area contributed by atoms with Crippen LogP contribution in [0.1, 0.15) is 13.3 Å². The molecule has 0 heterocycles. The lowest BCUT2D eigenvalue weighted by Crippen LogP contribution is -2.38. The highest BCUT2D eigenvalue weighted by Crippen LogP contribution is 2.37. The Morgan fingerprint density at radius 1 is 1.45 bits per heavy atom. The highest BCUT2D eigenvalue weighted by molar-refractivity contribution is 14.3. The van der Waals surface area contributed by atoms with E-state index >= 15 is 0 Å². The van der Waals surface area contributed by atoms with Crippen molar-refractivity contribution in [1.82, 2.24) is 10.4 Å². The zero-order valence-electron chi connectivity index (χ0n) is 6.44. The van der Waals surface area contributed by atoms with Gasteiger partial charge in [0.15, 0.2) is 0 Å². The molecule has 0 aromatic carbocycles. The molecule has 5 heteroatoms. The topological polar surface area (TPSA) is 15.3 Å². The molecule has 0 aliphatic heterocycles. The van der Waals surface area contributed by atoms with Crippen LogP contribution in [0.2, 0.25) is 0 Å². The lowest BCUT2D eigenvalue weighted by atomic mass is 10.5. The number of hydrogen-bond donors (Lipinski definition) is 1. The minimum Gasteiger partial charge on any atom is -0.282 e. The first-order chi connectivity index (χ1) is 5.02. The predicted octanol–water partition coefficient (Wildman–Crippen LogP) is 3.26. The first-order valence-corrected chi connectivity index (χ1v) is 6.46. The Labute approximate surface area is 109 Å². The average molecular weight is 492 g/mol. The summed E-state index contributed by atoms with van der Waals surface area (Å²) in [6.07, 6.45) is 5.25. The highest BCUT2D eigenvalue weighted by Gasteiger charge is 2.22. The molecule has 0 unspecified atom stereocenters. The Morgan fingerprint density at radius 2 is 2.00 bits per heavy atom. The van der Waals surface area contributed by atoms with Crippen molar-refractivity contribution < 1.29 is 0 Å². The Bertz CT molecular complexity index is 130. The van der Waals surface area contributed by atoms with E-state index in [1.807, 2.05) is 7.05 Å². The molecule has 0 aliphatic carbocycles. The number of nitrogens with zero attached hydrogens (tertiary/aromatic N) is 1. The van der Waals surface area contributed by atoms with Crippen molar-refractivity contribution in [2.24, 2.45) is 0 Å². The van der Waals surface area contributed by atoms with Gasteiger partial charge in [0.25, 0.3) is 0 Å². The quantitative estimate of drug-likeness (QED) is 0.281. The molecule has 0 aromatic heterocycles. The minimum atomic E-state index is 0.0632. The zero-order valence-corrected chi connectivity index (χ0v) is 12.9. The van der Waals surface area contributed by atoms with E-state index in [4.69, 9.17) is 0 Å². The maximum Gasteiger partial charge on any atom is 0.207 e. The first-order valence-electron chi connectivity index (χ1n) is 3.22. The maximum atomic E-state index is 3.10. The largest absolute Gasteiger partial charge is 0.282 e. The molecule has 0 aliphatic rings. The summed E-state index contributed by atoms with van der Waals surface area (Å²) in [5.41, 5.74) is 3.10. The second-order valence-electron chi connectivity index (χ2n) is 1.85. The smallest absolute Gasteiger partial charge is 0.207 e. The van der Waals surface area contributed by atoms with Crippen LogP contribution in [-0.2, 0) is 0 Å². The van der Waals surface area contributed by atoms with E-state index in [-0.39, 0.29) is -0.441 Å². The number of rotatable bonds is 4. The molecule has 0 fully saturated rings. The summed E-state index contributed by atoms with van der Waals surface area (Å²) in [4.78, 5) is 0. The van der Waals surface area contributed by atoms with Crippen LogP contribution in [0.3, 0.4) is 0 Å². The van der Waals surface area contributed by atoms with Crippen molar-refractivity contribution in [3.05, 3.63) is 12.3 Å². The van der Waals surface area contributed by atoms with Crippen LogP contribution in [-0.4, -0.2) is 11.6 Å². The molecule has 0 spiro atoms. The van der Waals surface area contributed by atoms with Gasteiger partial charge in [-0.1, -0.05) is 13.0 Å². The molecule has 0 bridgehead atoms. The molecule has 11 heavy (non-hydrogen) atoms. The van der Waals surface area contributed by atoms with Gasteiger partial charge in [-0.3, -0.25) is 5.01 Å². The summed E-state index contributed by atoms with van der Waals surface area (Å²) in [7, 11) is 1.92. The summed E-state index contributed by atoms with van der Waals surface area (Å²) in [6.45, 7) is 2.12. The fourth-order valence-electron chi connectivity index (χ4n) is 0.497. The van der Waals surface area contributed by atoms with Crippen LogP contribution in [0.4, 0.5) is 0 Å². The fraction of sp³-hybridized carbons (Fsp3) is 0.667. The monoisotopic (exact) mass is 492 g/mol. The van der Waals surface area contributed by atoms with E-state index in [9.17, 15) is 0 Å². The Balaban J connectivity index is 4.06. The highest BCUT2D eigenvalue weighted by atomic mass is 127. The second-order valence-corrected chi connectivity index (χ2v) is 12.7. The van der Waals surface area contributed by atoms with Crippen LogP contribution < -0.4 is 5.43 Å². The van der Waals surface area contributed by atoms with Crippen LogP contribution >= 0.6 is 67.8 Å². The van der Waals surface area contributed by atoms with Gasteiger partial charge < -0.3 is 0 Å². The van der Waals surface area contributed by atoms with Crippen LogP contribution in [0.15, 0.2) is 12.3 Å². The third-order valence-electron chi connectivity index (χ3n) is 1.00. The molecule has 0 saturated heterocycles. The van der Waals surface area contributed by atoms with Crippen molar-refractivity contribution in [3.8, 4) is 0 Å². The Kier molecular flexibility index (Phi) is 7.14. The van der Waals surface area contributed by atoms with Gasteiger partial charge in [-0.15, -0.1) is 0 Å². The summed E-state index contributed by atoms with van der Waals surface area (Å²) in [6, 6.07) is 0. The van der Waals surface area contributed by atoms with Crippen molar-refractivity contribution in [2.45, 2.75) is 12.9 Å². The third-order valence-corrected chi connectivity index (χ3v) is 2.56. The van der Waals surface area contributed by atoms with Gasteiger partial charge in [-0.2, -0.15) is 0 Å². The summed E-state index contributed by atoms with van der Waals surface area (Å²) in [5, 5.41) is 2.05. The maximum absolute atomic E-state index is 3.10. The van der Waals surface area contributed by atoms with E-state index in [2.05, 4.69) is 97.4 Å². The first kappa shape index (κ1) is 12.7. The number of hydrogen-bond acceptors (Lipinski definition) is 2. The van der Waals surface area contributed by atoms with E-state index in [1.165, 1.54) is 0 Å². The van der Waals surface area contributed by atoms with Gasteiger partial charge in [0, 0.05) is 13.2 Å².